The number of sulfonamides is 1. The number of para-hydroxylation sites is 1. The van der Waals surface area contributed by atoms with Gasteiger partial charge in [-0.05, 0) is 31.4 Å². The van der Waals surface area contributed by atoms with Crippen LogP contribution in [0.4, 0.5) is 0 Å². The molecule has 0 radical (unpaired) electrons. The maximum atomic E-state index is 12.1. The quantitative estimate of drug-likeness (QED) is 0.763. The van der Waals surface area contributed by atoms with Crippen molar-refractivity contribution in [3.8, 4) is 5.75 Å². The molecule has 1 aliphatic heterocycles. The third-order valence-electron chi connectivity index (χ3n) is 3.98. The molecule has 0 spiro atoms. The normalized spacial score (nSPS) is 21.5. The van der Waals surface area contributed by atoms with E-state index in [0.717, 1.165) is 11.8 Å². The van der Waals surface area contributed by atoms with Crippen molar-refractivity contribution in [2.24, 2.45) is 0 Å². The van der Waals surface area contributed by atoms with Crippen LogP contribution in [0.1, 0.15) is 18.4 Å². The molecule has 1 unspecified atom stereocenters. The van der Waals surface area contributed by atoms with Gasteiger partial charge in [-0.3, -0.25) is 4.79 Å². The van der Waals surface area contributed by atoms with Gasteiger partial charge >= 0.3 is 0 Å². The van der Waals surface area contributed by atoms with Crippen LogP contribution in [0.25, 0.3) is 0 Å². The standard InChI is InChI=1S/C16H24N2O5S/c1-13-6-3-4-7-14(13)23-12-16(20)8-5-9-18(11-16)15(19)10-17-24(2,21)22/h3-4,6-7,17,20H,5,8-12H2,1-2H3. The van der Waals surface area contributed by atoms with E-state index < -0.39 is 15.6 Å². The summed E-state index contributed by atoms with van der Waals surface area (Å²) >= 11 is 0. The molecule has 1 aliphatic rings. The van der Waals surface area contributed by atoms with Crippen molar-refractivity contribution >= 4 is 15.9 Å². The van der Waals surface area contributed by atoms with Crippen LogP contribution in [-0.4, -0.2) is 62.4 Å². The predicted molar refractivity (Wildman–Crippen MR) is 90.3 cm³/mol. The Balaban J connectivity index is 1.93. The van der Waals surface area contributed by atoms with Crippen molar-refractivity contribution in [3.05, 3.63) is 29.8 Å². The third kappa shape index (κ3) is 5.47. The number of aliphatic hydroxyl groups is 1. The number of piperidine rings is 1. The van der Waals surface area contributed by atoms with E-state index in [1.807, 2.05) is 31.2 Å². The lowest BCUT2D eigenvalue weighted by Gasteiger charge is -2.39. The number of benzene rings is 1. The monoisotopic (exact) mass is 356 g/mol. The molecule has 1 atom stereocenters. The molecule has 1 amide bonds. The van der Waals surface area contributed by atoms with E-state index in [9.17, 15) is 18.3 Å². The Labute approximate surface area is 142 Å². The van der Waals surface area contributed by atoms with Crippen LogP contribution in [0.3, 0.4) is 0 Å². The Morgan fingerprint density at radius 3 is 2.79 bits per heavy atom. The summed E-state index contributed by atoms with van der Waals surface area (Å²) < 4.78 is 30.1. The van der Waals surface area contributed by atoms with Crippen molar-refractivity contribution < 1.29 is 23.1 Å². The SMILES string of the molecule is Cc1ccccc1OCC1(O)CCCN(C(=O)CNS(C)(=O)=O)C1. The summed E-state index contributed by atoms with van der Waals surface area (Å²) in [5.41, 5.74) is -0.163. The van der Waals surface area contributed by atoms with Crippen LogP contribution in [-0.2, 0) is 14.8 Å². The average Bonchev–Trinajstić information content (AvgIpc) is 2.51. The molecule has 2 rings (SSSR count). The molecule has 1 aromatic rings. The molecule has 0 saturated carbocycles. The molecule has 0 aliphatic carbocycles. The molecule has 1 heterocycles. The van der Waals surface area contributed by atoms with Gasteiger partial charge < -0.3 is 14.7 Å². The van der Waals surface area contributed by atoms with Crippen LogP contribution < -0.4 is 9.46 Å². The molecule has 134 valence electrons. The van der Waals surface area contributed by atoms with Crippen LogP contribution >= 0.6 is 0 Å². The number of hydrogen-bond acceptors (Lipinski definition) is 5. The fourth-order valence-corrected chi connectivity index (χ4v) is 3.06. The smallest absolute Gasteiger partial charge is 0.237 e. The summed E-state index contributed by atoms with van der Waals surface area (Å²) in [6, 6.07) is 7.53. The second-order valence-electron chi connectivity index (χ2n) is 6.29. The second kappa shape index (κ2) is 7.50. The molecular formula is C16H24N2O5S. The number of carbonyl (C=O) groups is 1. The predicted octanol–water partition coefficient (Wildman–Crippen LogP) is 0.277. The van der Waals surface area contributed by atoms with Crippen LogP contribution in [0.15, 0.2) is 24.3 Å². The largest absolute Gasteiger partial charge is 0.490 e. The van der Waals surface area contributed by atoms with Gasteiger partial charge in [0.05, 0.1) is 19.3 Å². The minimum Gasteiger partial charge on any atom is -0.490 e. The molecule has 8 heteroatoms. The highest BCUT2D eigenvalue weighted by Crippen LogP contribution is 2.24. The van der Waals surface area contributed by atoms with Crippen molar-refractivity contribution in [2.75, 3.05) is 32.5 Å². The van der Waals surface area contributed by atoms with Gasteiger partial charge in [-0.25, -0.2) is 13.1 Å². The molecular weight excluding hydrogens is 332 g/mol. The Bertz CT molecular complexity index is 691. The van der Waals surface area contributed by atoms with Crippen molar-refractivity contribution in [2.45, 2.75) is 25.4 Å². The average molecular weight is 356 g/mol. The topological polar surface area (TPSA) is 95.9 Å². The number of β-amino-alcohol motifs (C(OH)–C–C–N with tert-alkyl or cyclic N) is 1. The van der Waals surface area contributed by atoms with E-state index >= 15 is 0 Å². The highest BCUT2D eigenvalue weighted by Gasteiger charge is 2.36. The first-order chi connectivity index (χ1) is 11.2. The van der Waals surface area contributed by atoms with Gasteiger partial charge in [0.15, 0.2) is 0 Å². The summed E-state index contributed by atoms with van der Waals surface area (Å²) in [5, 5.41) is 10.7. The van der Waals surface area contributed by atoms with Gasteiger partial charge in [-0.2, -0.15) is 0 Å². The van der Waals surface area contributed by atoms with Gasteiger partial charge in [0.25, 0.3) is 0 Å². The summed E-state index contributed by atoms with van der Waals surface area (Å²) in [7, 11) is -3.42. The summed E-state index contributed by atoms with van der Waals surface area (Å²) in [6.07, 6.45) is 2.17. The molecule has 1 aromatic carbocycles. The lowest BCUT2D eigenvalue weighted by Crippen LogP contribution is -2.55. The van der Waals surface area contributed by atoms with Crippen LogP contribution in [0.5, 0.6) is 5.75 Å². The lowest BCUT2D eigenvalue weighted by atomic mass is 9.93. The first kappa shape index (κ1) is 18.7. The van der Waals surface area contributed by atoms with Gasteiger partial charge in [0, 0.05) is 6.54 Å². The fourth-order valence-electron chi connectivity index (χ4n) is 2.68. The molecule has 0 aromatic heterocycles. The number of likely N-dealkylation sites (tertiary alicyclic amines) is 1. The number of aryl methyl sites for hydroxylation is 1. The number of hydrogen-bond donors (Lipinski definition) is 2. The van der Waals surface area contributed by atoms with E-state index in [1.165, 1.54) is 4.90 Å². The maximum Gasteiger partial charge on any atom is 0.237 e. The van der Waals surface area contributed by atoms with E-state index in [1.54, 1.807) is 0 Å². The molecule has 1 saturated heterocycles. The summed E-state index contributed by atoms with van der Waals surface area (Å²) in [6.45, 7) is 2.34. The lowest BCUT2D eigenvalue weighted by molar-refractivity contribution is -0.138. The van der Waals surface area contributed by atoms with E-state index in [2.05, 4.69) is 4.72 Å². The molecule has 2 N–H and O–H groups in total. The first-order valence-corrected chi connectivity index (χ1v) is 9.71. The Kier molecular flexibility index (Phi) is 5.84. The molecule has 24 heavy (non-hydrogen) atoms. The van der Waals surface area contributed by atoms with E-state index in [4.69, 9.17) is 4.74 Å². The highest BCUT2D eigenvalue weighted by molar-refractivity contribution is 7.88. The van der Waals surface area contributed by atoms with Gasteiger partial charge in [0.2, 0.25) is 15.9 Å². The minimum atomic E-state index is -3.42. The van der Waals surface area contributed by atoms with Crippen molar-refractivity contribution in [3.63, 3.8) is 0 Å². The zero-order chi connectivity index (χ0) is 17.8. The Morgan fingerprint density at radius 2 is 2.12 bits per heavy atom. The molecule has 1 fully saturated rings. The highest BCUT2D eigenvalue weighted by atomic mass is 32.2. The van der Waals surface area contributed by atoms with Crippen molar-refractivity contribution in [1.29, 1.82) is 0 Å². The Hall–Kier alpha value is -1.64. The number of nitrogens with one attached hydrogen (secondary N) is 1. The number of ether oxygens (including phenoxy) is 1. The zero-order valence-electron chi connectivity index (χ0n) is 14.0. The maximum absolute atomic E-state index is 12.1. The number of nitrogens with zero attached hydrogens (tertiary/aromatic N) is 1. The third-order valence-corrected chi connectivity index (χ3v) is 4.65. The molecule has 0 bridgehead atoms. The first-order valence-electron chi connectivity index (χ1n) is 7.82. The van der Waals surface area contributed by atoms with Gasteiger partial charge in [0.1, 0.15) is 18.0 Å². The summed E-state index contributed by atoms with van der Waals surface area (Å²) in [5.74, 6) is 0.350. The minimum absolute atomic E-state index is 0.0845. The van der Waals surface area contributed by atoms with E-state index in [-0.39, 0.29) is 25.6 Å². The molecule has 7 nitrogen and oxygen atoms in total. The number of amides is 1. The summed E-state index contributed by atoms with van der Waals surface area (Å²) in [4.78, 5) is 13.6. The zero-order valence-corrected chi connectivity index (χ0v) is 14.8. The van der Waals surface area contributed by atoms with Gasteiger partial charge in [-0.1, -0.05) is 18.2 Å². The number of rotatable bonds is 6. The Morgan fingerprint density at radius 1 is 1.42 bits per heavy atom. The van der Waals surface area contributed by atoms with Crippen LogP contribution in [0.2, 0.25) is 0 Å². The van der Waals surface area contributed by atoms with Gasteiger partial charge in [-0.15, -0.1) is 0 Å². The van der Waals surface area contributed by atoms with E-state index in [0.29, 0.717) is 25.1 Å². The second-order valence-corrected chi connectivity index (χ2v) is 8.12. The number of carbonyl (C=O) groups excluding carboxylic acids is 1. The fraction of sp³-hybridized carbons (Fsp3) is 0.562. The van der Waals surface area contributed by atoms with Crippen LogP contribution in [0, 0.1) is 6.92 Å². The van der Waals surface area contributed by atoms with Crippen molar-refractivity contribution in [1.82, 2.24) is 9.62 Å².